The van der Waals surface area contributed by atoms with Crippen molar-refractivity contribution in [3.05, 3.63) is 66.6 Å². The highest BCUT2D eigenvalue weighted by molar-refractivity contribution is 5.75. The first-order valence-corrected chi connectivity index (χ1v) is 8.89. The van der Waals surface area contributed by atoms with Gasteiger partial charge in [0.1, 0.15) is 11.9 Å². The van der Waals surface area contributed by atoms with E-state index in [9.17, 15) is 4.79 Å². The molecule has 0 saturated carbocycles. The first-order chi connectivity index (χ1) is 12.6. The molecule has 26 heavy (non-hydrogen) atoms. The molecule has 0 unspecified atom stereocenters. The highest BCUT2D eigenvalue weighted by Crippen LogP contribution is 2.17. The van der Waals surface area contributed by atoms with Crippen LogP contribution in [-0.2, 0) is 17.9 Å². The van der Waals surface area contributed by atoms with Gasteiger partial charge in [-0.25, -0.2) is 0 Å². The fraction of sp³-hybridized carbons (Fsp3) is 0.381. The average Bonchev–Trinajstić information content (AvgIpc) is 3.11. The van der Waals surface area contributed by atoms with Gasteiger partial charge in [0.15, 0.2) is 0 Å². The van der Waals surface area contributed by atoms with Crippen molar-refractivity contribution in [3.63, 3.8) is 0 Å². The summed E-state index contributed by atoms with van der Waals surface area (Å²) in [7, 11) is 2.07. The summed E-state index contributed by atoms with van der Waals surface area (Å²) in [6.07, 6.45) is 6.26. The van der Waals surface area contributed by atoms with Crippen LogP contribution in [0.4, 0.5) is 0 Å². The molecule has 0 fully saturated rings. The summed E-state index contributed by atoms with van der Waals surface area (Å²) >= 11 is 0. The molecule has 0 aliphatic rings. The molecule has 0 spiro atoms. The Morgan fingerprint density at radius 3 is 2.88 bits per heavy atom. The summed E-state index contributed by atoms with van der Waals surface area (Å²) in [6, 6.07) is 10.0. The minimum Gasteiger partial charge on any atom is -0.489 e. The molecule has 5 nitrogen and oxygen atoms in total. The average molecular weight is 356 g/mol. The van der Waals surface area contributed by atoms with E-state index in [1.807, 2.05) is 31.2 Å². The van der Waals surface area contributed by atoms with Gasteiger partial charge in [0, 0.05) is 25.1 Å². The zero-order chi connectivity index (χ0) is 18.8. The van der Waals surface area contributed by atoms with Crippen molar-refractivity contribution in [1.82, 2.24) is 10.2 Å². The van der Waals surface area contributed by atoms with Crippen molar-refractivity contribution in [3.8, 4) is 5.75 Å². The Morgan fingerprint density at radius 2 is 2.15 bits per heavy atom. The van der Waals surface area contributed by atoms with Gasteiger partial charge >= 0.3 is 0 Å². The van der Waals surface area contributed by atoms with E-state index < -0.39 is 0 Å². The molecule has 0 radical (unpaired) electrons. The van der Waals surface area contributed by atoms with Crippen molar-refractivity contribution in [1.29, 1.82) is 0 Å². The summed E-state index contributed by atoms with van der Waals surface area (Å²) in [5.41, 5.74) is 2.33. The maximum atomic E-state index is 11.6. The number of benzene rings is 1. The van der Waals surface area contributed by atoms with E-state index >= 15 is 0 Å². The third-order valence-corrected chi connectivity index (χ3v) is 3.88. The van der Waals surface area contributed by atoms with Gasteiger partial charge in [-0.2, -0.15) is 0 Å². The van der Waals surface area contributed by atoms with E-state index in [0.29, 0.717) is 19.4 Å². The van der Waals surface area contributed by atoms with Crippen LogP contribution in [0.25, 0.3) is 0 Å². The van der Waals surface area contributed by atoms with Gasteiger partial charge in [-0.3, -0.25) is 9.69 Å². The van der Waals surface area contributed by atoms with E-state index in [1.54, 1.807) is 18.6 Å². The van der Waals surface area contributed by atoms with Gasteiger partial charge in [-0.1, -0.05) is 18.2 Å². The summed E-state index contributed by atoms with van der Waals surface area (Å²) in [5, 5.41) is 2.88. The molecule has 1 amide bonds. The van der Waals surface area contributed by atoms with Crippen LogP contribution in [0.1, 0.15) is 30.9 Å². The summed E-state index contributed by atoms with van der Waals surface area (Å²) in [6.45, 7) is 7.70. The molecule has 140 valence electrons. The maximum absolute atomic E-state index is 11.6. The van der Waals surface area contributed by atoms with E-state index in [2.05, 4.69) is 29.9 Å². The summed E-state index contributed by atoms with van der Waals surface area (Å²) in [4.78, 5) is 13.9. The van der Waals surface area contributed by atoms with E-state index in [4.69, 9.17) is 9.15 Å². The zero-order valence-electron chi connectivity index (χ0n) is 15.6. The number of rotatable bonds is 11. The summed E-state index contributed by atoms with van der Waals surface area (Å²) < 4.78 is 11.0. The van der Waals surface area contributed by atoms with Crippen LogP contribution in [0.3, 0.4) is 0 Å². The molecular formula is C21H28N2O3. The number of furan rings is 1. The number of hydrogen-bond acceptors (Lipinski definition) is 4. The van der Waals surface area contributed by atoms with Gasteiger partial charge < -0.3 is 14.5 Å². The molecule has 0 saturated heterocycles. The molecule has 2 rings (SSSR count). The maximum Gasteiger partial charge on any atom is 0.220 e. The van der Waals surface area contributed by atoms with Crippen LogP contribution in [0.15, 0.2) is 59.9 Å². The highest BCUT2D eigenvalue weighted by Gasteiger charge is 2.08. The molecule has 1 heterocycles. The van der Waals surface area contributed by atoms with Crippen LogP contribution in [0.2, 0.25) is 0 Å². The molecule has 1 N–H and O–H groups in total. The molecule has 1 aromatic heterocycles. The highest BCUT2D eigenvalue weighted by atomic mass is 16.5. The second kappa shape index (κ2) is 10.5. The monoisotopic (exact) mass is 356 g/mol. The van der Waals surface area contributed by atoms with Crippen LogP contribution in [0, 0.1) is 0 Å². The standard InChI is InChI=1S/C21H28N2O3/c1-4-5-9-21(24)22-13-17(2)26-20-8-6-7-18(12-20)14-23(3)15-19-10-11-25-16-19/h4,6-8,10-12,16-17H,1,5,9,13-15H2,2-3H3,(H,22,24)/t17-/m1/s1. The minimum absolute atomic E-state index is 0.0231. The predicted molar refractivity (Wildman–Crippen MR) is 103 cm³/mol. The Morgan fingerprint density at radius 1 is 1.35 bits per heavy atom. The largest absolute Gasteiger partial charge is 0.489 e. The lowest BCUT2D eigenvalue weighted by Crippen LogP contribution is -2.33. The number of nitrogens with zero attached hydrogens (tertiary/aromatic N) is 1. The van der Waals surface area contributed by atoms with Crippen molar-refractivity contribution in [2.75, 3.05) is 13.6 Å². The Bertz CT molecular complexity index is 682. The van der Waals surface area contributed by atoms with E-state index in [-0.39, 0.29) is 12.0 Å². The van der Waals surface area contributed by atoms with Crippen LogP contribution >= 0.6 is 0 Å². The van der Waals surface area contributed by atoms with Crippen LogP contribution in [0.5, 0.6) is 5.75 Å². The van der Waals surface area contributed by atoms with E-state index in [1.165, 1.54) is 5.56 Å². The molecule has 5 heteroatoms. The number of amides is 1. The lowest BCUT2D eigenvalue weighted by Gasteiger charge is -2.18. The Hall–Kier alpha value is -2.53. The van der Waals surface area contributed by atoms with Gasteiger partial charge in [0.2, 0.25) is 5.91 Å². The number of hydrogen-bond donors (Lipinski definition) is 1. The fourth-order valence-electron chi connectivity index (χ4n) is 2.63. The van der Waals surface area contributed by atoms with Crippen LogP contribution < -0.4 is 10.1 Å². The first kappa shape index (κ1) is 19.8. The third-order valence-electron chi connectivity index (χ3n) is 3.88. The number of ether oxygens (including phenoxy) is 1. The number of carbonyl (C=O) groups excluding carboxylic acids is 1. The SMILES string of the molecule is C=CCCC(=O)NC[C@@H](C)Oc1cccc(CN(C)Cc2ccoc2)c1. The van der Waals surface area contributed by atoms with Gasteiger partial charge in [0.05, 0.1) is 19.1 Å². The van der Waals surface area contributed by atoms with E-state index in [0.717, 1.165) is 24.4 Å². The van der Waals surface area contributed by atoms with Gasteiger partial charge in [-0.15, -0.1) is 6.58 Å². The summed E-state index contributed by atoms with van der Waals surface area (Å²) in [5.74, 6) is 0.835. The topological polar surface area (TPSA) is 54.7 Å². The molecule has 0 aliphatic carbocycles. The third kappa shape index (κ3) is 7.15. The van der Waals surface area contributed by atoms with Gasteiger partial charge in [-0.05, 0) is 44.2 Å². The normalized spacial score (nSPS) is 12.0. The van der Waals surface area contributed by atoms with Crippen molar-refractivity contribution in [2.45, 2.75) is 39.0 Å². The Kier molecular flexibility index (Phi) is 7.96. The van der Waals surface area contributed by atoms with Crippen molar-refractivity contribution < 1.29 is 13.9 Å². The van der Waals surface area contributed by atoms with Crippen LogP contribution in [-0.4, -0.2) is 30.5 Å². The van der Waals surface area contributed by atoms with Crippen molar-refractivity contribution >= 4 is 5.91 Å². The Labute approximate surface area is 155 Å². The second-order valence-electron chi connectivity index (χ2n) is 6.51. The lowest BCUT2D eigenvalue weighted by molar-refractivity contribution is -0.121. The quantitative estimate of drug-likeness (QED) is 0.623. The molecule has 2 aromatic rings. The number of nitrogens with one attached hydrogen (secondary N) is 1. The van der Waals surface area contributed by atoms with Gasteiger partial charge in [0.25, 0.3) is 0 Å². The second-order valence-corrected chi connectivity index (χ2v) is 6.51. The number of carbonyl (C=O) groups is 1. The minimum atomic E-state index is -0.0957. The fourth-order valence-corrected chi connectivity index (χ4v) is 2.63. The molecule has 0 aliphatic heterocycles. The smallest absolute Gasteiger partial charge is 0.220 e. The Balaban J connectivity index is 1.80. The number of allylic oxidation sites excluding steroid dienone is 1. The zero-order valence-corrected chi connectivity index (χ0v) is 15.6. The first-order valence-electron chi connectivity index (χ1n) is 8.89. The predicted octanol–water partition coefficient (Wildman–Crippen LogP) is 3.76. The van der Waals surface area contributed by atoms with Crippen molar-refractivity contribution in [2.24, 2.45) is 0 Å². The molecule has 1 aromatic carbocycles. The lowest BCUT2D eigenvalue weighted by atomic mass is 10.2. The molecule has 0 bridgehead atoms. The molecule has 1 atom stereocenters. The molecular weight excluding hydrogens is 328 g/mol.